The van der Waals surface area contributed by atoms with Gasteiger partial charge in [-0.15, -0.1) is 0 Å². The van der Waals surface area contributed by atoms with Crippen LogP contribution in [-0.2, 0) is 9.53 Å². The van der Waals surface area contributed by atoms with Crippen LogP contribution in [0.2, 0.25) is 0 Å². The van der Waals surface area contributed by atoms with Gasteiger partial charge in [0, 0.05) is 13.2 Å². The first-order chi connectivity index (χ1) is 10.7. The molecule has 0 spiro atoms. The monoisotopic (exact) mass is 307 g/mol. The first-order valence-corrected chi connectivity index (χ1v) is 8.01. The van der Waals surface area contributed by atoms with E-state index in [1.807, 2.05) is 4.90 Å². The lowest BCUT2D eigenvalue weighted by Gasteiger charge is -2.30. The van der Waals surface area contributed by atoms with Crippen LogP contribution in [-0.4, -0.2) is 42.3 Å². The van der Waals surface area contributed by atoms with E-state index in [9.17, 15) is 14.3 Å². The molecule has 1 aromatic carbocycles. The zero-order valence-corrected chi connectivity index (χ0v) is 12.6. The second-order valence-corrected chi connectivity index (χ2v) is 6.14. The van der Waals surface area contributed by atoms with Gasteiger partial charge in [0.05, 0.1) is 0 Å². The molecule has 2 heterocycles. The van der Waals surface area contributed by atoms with Gasteiger partial charge in [-0.05, 0) is 68.0 Å². The molecule has 0 radical (unpaired) electrons. The number of hydrogen-bond donors (Lipinski definition) is 1. The molecule has 0 aromatic heterocycles. The Hall–Kier alpha value is -1.46. The van der Waals surface area contributed by atoms with E-state index in [4.69, 9.17) is 4.74 Å². The normalized spacial score (nSPS) is 21.9. The highest BCUT2D eigenvalue weighted by molar-refractivity contribution is 5.76. The summed E-state index contributed by atoms with van der Waals surface area (Å²) in [6.45, 7) is 2.90. The summed E-state index contributed by atoms with van der Waals surface area (Å²) >= 11 is 0. The maximum Gasteiger partial charge on any atom is 0.325 e. The van der Waals surface area contributed by atoms with Gasteiger partial charge in [0.2, 0.25) is 0 Å². The molecule has 2 aliphatic heterocycles. The average Bonchev–Trinajstić information content (AvgIpc) is 3.02. The number of aliphatic carboxylic acids is 1. The molecule has 1 N–H and O–H groups in total. The van der Waals surface area contributed by atoms with Gasteiger partial charge < -0.3 is 9.84 Å². The van der Waals surface area contributed by atoms with Crippen LogP contribution in [0.4, 0.5) is 4.39 Å². The number of hydrogen-bond acceptors (Lipinski definition) is 3. The van der Waals surface area contributed by atoms with Gasteiger partial charge in [-0.1, -0.05) is 6.07 Å². The summed E-state index contributed by atoms with van der Waals surface area (Å²) in [6.07, 6.45) is 3.74. The Morgan fingerprint density at radius 1 is 1.27 bits per heavy atom. The molecule has 2 fully saturated rings. The van der Waals surface area contributed by atoms with E-state index in [-0.39, 0.29) is 11.7 Å². The van der Waals surface area contributed by atoms with E-state index in [2.05, 4.69) is 0 Å². The molecule has 3 rings (SSSR count). The zero-order chi connectivity index (χ0) is 15.5. The molecule has 120 valence electrons. The summed E-state index contributed by atoms with van der Waals surface area (Å²) in [5.41, 5.74) is 1.60. The van der Waals surface area contributed by atoms with Crippen LogP contribution in [0, 0.1) is 5.82 Å². The molecule has 1 atom stereocenters. The maximum absolute atomic E-state index is 13.8. The fourth-order valence-electron chi connectivity index (χ4n) is 3.65. The Bertz CT molecular complexity index is 537. The van der Waals surface area contributed by atoms with Gasteiger partial charge in [-0.25, -0.2) is 4.39 Å². The van der Waals surface area contributed by atoms with Crippen LogP contribution in [0.5, 0.6) is 0 Å². The van der Waals surface area contributed by atoms with Gasteiger partial charge in [0.25, 0.3) is 0 Å². The van der Waals surface area contributed by atoms with Crippen molar-refractivity contribution in [2.45, 2.75) is 37.6 Å². The summed E-state index contributed by atoms with van der Waals surface area (Å²) in [5, 5.41) is 9.71. The number of ether oxygens (including phenoxy) is 1. The van der Waals surface area contributed by atoms with E-state index in [1.54, 1.807) is 6.07 Å². The highest BCUT2D eigenvalue weighted by atomic mass is 19.1. The molecule has 1 aromatic rings. The van der Waals surface area contributed by atoms with Crippen molar-refractivity contribution in [2.24, 2.45) is 0 Å². The molecule has 0 aliphatic carbocycles. The second-order valence-electron chi connectivity index (χ2n) is 6.14. The van der Waals surface area contributed by atoms with Gasteiger partial charge in [0.15, 0.2) is 0 Å². The molecule has 0 amide bonds. The van der Waals surface area contributed by atoms with E-state index in [1.165, 1.54) is 12.1 Å². The second kappa shape index (κ2) is 6.75. The largest absolute Gasteiger partial charge is 0.480 e. The minimum atomic E-state index is -0.888. The van der Waals surface area contributed by atoms with Gasteiger partial charge in [-0.2, -0.15) is 0 Å². The van der Waals surface area contributed by atoms with Crippen LogP contribution in [0.15, 0.2) is 18.2 Å². The lowest BCUT2D eigenvalue weighted by atomic mass is 9.85. The molecule has 2 saturated heterocycles. The van der Waals surface area contributed by atoms with Crippen molar-refractivity contribution in [3.63, 3.8) is 0 Å². The van der Waals surface area contributed by atoms with Gasteiger partial charge in [0.1, 0.15) is 11.9 Å². The van der Waals surface area contributed by atoms with E-state index < -0.39 is 12.0 Å². The van der Waals surface area contributed by atoms with Crippen molar-refractivity contribution in [1.29, 1.82) is 0 Å². The predicted molar refractivity (Wildman–Crippen MR) is 80.4 cm³/mol. The molecule has 5 heteroatoms. The number of rotatable bonds is 4. The predicted octanol–water partition coefficient (Wildman–Crippen LogP) is 2.94. The molecular formula is C17H22FNO3. The smallest absolute Gasteiger partial charge is 0.325 e. The number of carbonyl (C=O) groups is 1. The number of nitrogens with zero attached hydrogens (tertiary/aromatic N) is 1. The molecule has 2 aliphatic rings. The maximum atomic E-state index is 13.8. The molecule has 0 bridgehead atoms. The summed E-state index contributed by atoms with van der Waals surface area (Å²) < 4.78 is 19.2. The lowest BCUT2D eigenvalue weighted by Crippen LogP contribution is -2.33. The minimum Gasteiger partial charge on any atom is -0.480 e. The highest BCUT2D eigenvalue weighted by Crippen LogP contribution is 2.36. The van der Waals surface area contributed by atoms with Crippen LogP contribution in [0.3, 0.4) is 0 Å². The summed E-state index contributed by atoms with van der Waals surface area (Å²) in [5.74, 6) is -0.995. The standard InChI is InChI=1S/C17H22FNO3/c18-13-3-4-14(12-5-9-22-10-6-12)15(11-13)16(17(20)21)19-7-1-2-8-19/h3-4,11-12,16H,1-2,5-10H2,(H,20,21). The molecule has 1 unspecified atom stereocenters. The first kappa shape index (κ1) is 15.4. The Labute approximate surface area is 129 Å². The van der Waals surface area contributed by atoms with Crippen molar-refractivity contribution in [3.05, 3.63) is 35.1 Å². The van der Waals surface area contributed by atoms with E-state index in [0.29, 0.717) is 18.8 Å². The number of likely N-dealkylation sites (tertiary alicyclic amines) is 1. The van der Waals surface area contributed by atoms with Crippen molar-refractivity contribution >= 4 is 5.97 Å². The quantitative estimate of drug-likeness (QED) is 0.929. The van der Waals surface area contributed by atoms with Crippen LogP contribution < -0.4 is 0 Å². The number of benzene rings is 1. The van der Waals surface area contributed by atoms with Crippen LogP contribution >= 0.6 is 0 Å². The fourth-order valence-corrected chi connectivity index (χ4v) is 3.65. The number of carboxylic acid groups (broad SMARTS) is 1. The Kier molecular flexibility index (Phi) is 4.74. The third kappa shape index (κ3) is 3.15. The molecule has 22 heavy (non-hydrogen) atoms. The van der Waals surface area contributed by atoms with Gasteiger partial charge in [-0.3, -0.25) is 9.69 Å². The van der Waals surface area contributed by atoms with Crippen LogP contribution in [0.1, 0.15) is 48.8 Å². The number of halogens is 1. The first-order valence-electron chi connectivity index (χ1n) is 8.01. The highest BCUT2D eigenvalue weighted by Gasteiger charge is 2.33. The van der Waals surface area contributed by atoms with Crippen molar-refractivity contribution in [3.8, 4) is 0 Å². The minimum absolute atomic E-state index is 0.258. The summed E-state index contributed by atoms with van der Waals surface area (Å²) in [6, 6.07) is 3.89. The van der Waals surface area contributed by atoms with Crippen molar-refractivity contribution in [2.75, 3.05) is 26.3 Å². The summed E-state index contributed by atoms with van der Waals surface area (Å²) in [4.78, 5) is 13.8. The van der Waals surface area contributed by atoms with Crippen molar-refractivity contribution in [1.82, 2.24) is 4.90 Å². The average molecular weight is 307 g/mol. The van der Waals surface area contributed by atoms with E-state index >= 15 is 0 Å². The number of carboxylic acids is 1. The van der Waals surface area contributed by atoms with Crippen LogP contribution in [0.25, 0.3) is 0 Å². The lowest BCUT2D eigenvalue weighted by molar-refractivity contribution is -0.143. The Morgan fingerprint density at radius 2 is 1.95 bits per heavy atom. The molecule has 4 nitrogen and oxygen atoms in total. The topological polar surface area (TPSA) is 49.8 Å². The summed E-state index contributed by atoms with van der Waals surface area (Å²) in [7, 11) is 0. The molecular weight excluding hydrogens is 285 g/mol. The van der Waals surface area contributed by atoms with Gasteiger partial charge >= 0.3 is 5.97 Å². The Balaban J connectivity index is 1.98. The van der Waals surface area contributed by atoms with Crippen molar-refractivity contribution < 1.29 is 19.0 Å². The fraction of sp³-hybridized carbons (Fsp3) is 0.588. The Morgan fingerprint density at radius 3 is 2.59 bits per heavy atom. The third-order valence-electron chi connectivity index (χ3n) is 4.74. The zero-order valence-electron chi connectivity index (χ0n) is 12.6. The van der Waals surface area contributed by atoms with E-state index in [0.717, 1.165) is 44.3 Å². The molecule has 0 saturated carbocycles. The third-order valence-corrected chi connectivity index (χ3v) is 4.74. The SMILES string of the molecule is O=C(O)C(c1cc(F)ccc1C1CCOCC1)N1CCCC1.